The maximum atomic E-state index is 14.2. The maximum Gasteiger partial charge on any atom is 0.219 e. The van der Waals surface area contributed by atoms with Crippen molar-refractivity contribution in [3.05, 3.63) is 94.5 Å². The number of rotatable bonds is 9. The van der Waals surface area contributed by atoms with E-state index in [1.54, 1.807) is 49.6 Å². The van der Waals surface area contributed by atoms with Gasteiger partial charge in [-0.1, -0.05) is 60.1 Å². The molecule has 0 N–H and O–H groups in total. The van der Waals surface area contributed by atoms with Gasteiger partial charge in [0.1, 0.15) is 30.0 Å². The molecule has 3 aromatic carbocycles. The van der Waals surface area contributed by atoms with E-state index in [0.717, 1.165) is 11.8 Å². The number of fused-ring (bicyclic) bond motifs is 1. The number of aldehydes is 1. The highest BCUT2D eigenvalue weighted by atomic mass is 35.5. The zero-order valence-corrected chi connectivity index (χ0v) is 18.4. The third-order valence-electron chi connectivity index (χ3n) is 5.67. The lowest BCUT2D eigenvalue weighted by Crippen LogP contribution is -2.43. The number of benzene rings is 3. The van der Waals surface area contributed by atoms with Gasteiger partial charge in [0.05, 0.1) is 6.61 Å². The first-order valence-electron chi connectivity index (χ1n) is 10.3. The molecule has 1 aliphatic heterocycles. The van der Waals surface area contributed by atoms with Crippen molar-refractivity contribution in [2.24, 2.45) is 0 Å². The Labute approximate surface area is 191 Å². The van der Waals surface area contributed by atoms with Crippen molar-refractivity contribution < 1.29 is 23.8 Å². The van der Waals surface area contributed by atoms with Gasteiger partial charge in [0, 0.05) is 30.0 Å². The molecule has 1 heterocycles. The van der Waals surface area contributed by atoms with Gasteiger partial charge in [-0.25, -0.2) is 0 Å². The Morgan fingerprint density at radius 2 is 1.75 bits per heavy atom. The normalized spacial score (nSPS) is 18.0. The summed E-state index contributed by atoms with van der Waals surface area (Å²) in [5, 5.41) is 0.544. The highest BCUT2D eigenvalue weighted by molar-refractivity contribution is 6.30. The monoisotopic (exact) mass is 450 g/mol. The largest absolute Gasteiger partial charge is 0.490 e. The summed E-state index contributed by atoms with van der Waals surface area (Å²) >= 11 is 6.13. The number of ether oxygens (including phenoxy) is 3. The zero-order chi connectivity index (χ0) is 22.6. The molecule has 1 unspecified atom stereocenters. The van der Waals surface area contributed by atoms with Crippen LogP contribution in [-0.4, -0.2) is 32.4 Å². The Hall–Kier alpha value is -3.15. The molecule has 0 spiro atoms. The van der Waals surface area contributed by atoms with Crippen LogP contribution < -0.4 is 9.47 Å². The predicted octanol–water partition coefficient (Wildman–Crippen LogP) is 5.21. The molecular formula is C26H23ClO5. The number of hydrogen-bond acceptors (Lipinski definition) is 5. The fraction of sp³-hybridized carbons (Fsp3) is 0.231. The number of ketones is 1. The van der Waals surface area contributed by atoms with Crippen LogP contribution in [0.15, 0.2) is 72.8 Å². The van der Waals surface area contributed by atoms with E-state index >= 15 is 0 Å². The molecule has 6 heteroatoms. The van der Waals surface area contributed by atoms with Crippen molar-refractivity contribution in [3.63, 3.8) is 0 Å². The molecule has 1 aliphatic rings. The summed E-state index contributed by atoms with van der Waals surface area (Å²) < 4.78 is 17.4. The molecule has 5 nitrogen and oxygen atoms in total. The van der Waals surface area contributed by atoms with Crippen LogP contribution in [0.4, 0.5) is 0 Å². The molecule has 0 saturated heterocycles. The first kappa shape index (κ1) is 22.1. The van der Waals surface area contributed by atoms with Gasteiger partial charge >= 0.3 is 0 Å². The molecule has 0 amide bonds. The molecule has 0 aliphatic carbocycles. The van der Waals surface area contributed by atoms with E-state index in [1.807, 2.05) is 30.3 Å². The van der Waals surface area contributed by atoms with Crippen molar-refractivity contribution in [3.8, 4) is 11.5 Å². The predicted molar refractivity (Wildman–Crippen MR) is 122 cm³/mol. The quantitative estimate of drug-likeness (QED) is 0.331. The minimum atomic E-state index is -1.43. The van der Waals surface area contributed by atoms with E-state index in [2.05, 4.69) is 0 Å². The van der Waals surface area contributed by atoms with Gasteiger partial charge in [0.15, 0.2) is 0 Å². The molecule has 0 fully saturated rings. The van der Waals surface area contributed by atoms with Crippen molar-refractivity contribution in [2.45, 2.75) is 17.9 Å². The smallest absolute Gasteiger partial charge is 0.219 e. The Morgan fingerprint density at radius 1 is 1.00 bits per heavy atom. The summed E-state index contributed by atoms with van der Waals surface area (Å²) in [4.78, 5) is 25.9. The lowest BCUT2D eigenvalue weighted by atomic mass is 9.72. The topological polar surface area (TPSA) is 61.8 Å². The van der Waals surface area contributed by atoms with Crippen LogP contribution in [0.1, 0.15) is 33.8 Å². The summed E-state index contributed by atoms with van der Waals surface area (Å²) in [6, 6.07) is 21.7. The third-order valence-corrected chi connectivity index (χ3v) is 5.92. The minimum absolute atomic E-state index is 0.103. The van der Waals surface area contributed by atoms with E-state index in [-0.39, 0.29) is 12.2 Å². The second kappa shape index (κ2) is 9.55. The van der Waals surface area contributed by atoms with Gasteiger partial charge in [0.2, 0.25) is 11.4 Å². The van der Waals surface area contributed by atoms with Gasteiger partial charge in [-0.2, -0.15) is 0 Å². The minimum Gasteiger partial charge on any atom is -0.490 e. The highest BCUT2D eigenvalue weighted by Gasteiger charge is 2.56. The van der Waals surface area contributed by atoms with Crippen LogP contribution in [0.3, 0.4) is 0 Å². The van der Waals surface area contributed by atoms with E-state index in [4.69, 9.17) is 25.8 Å². The van der Waals surface area contributed by atoms with Crippen molar-refractivity contribution in [1.29, 1.82) is 0 Å². The molecule has 32 heavy (non-hydrogen) atoms. The van der Waals surface area contributed by atoms with Gasteiger partial charge in [0.25, 0.3) is 0 Å². The number of carbonyl (C=O) groups excluding carboxylic acids is 2. The Kier molecular flexibility index (Phi) is 6.58. The third kappa shape index (κ3) is 3.90. The van der Waals surface area contributed by atoms with Gasteiger partial charge in [-0.05, 0) is 29.8 Å². The maximum absolute atomic E-state index is 14.2. The van der Waals surface area contributed by atoms with Crippen molar-refractivity contribution in [2.75, 3.05) is 20.3 Å². The van der Waals surface area contributed by atoms with E-state index in [1.165, 1.54) is 0 Å². The number of methoxy groups -OCH3 is 1. The summed E-state index contributed by atoms with van der Waals surface area (Å²) in [5.41, 5.74) is 0.389. The first-order chi connectivity index (χ1) is 15.6. The zero-order valence-electron chi connectivity index (χ0n) is 17.6. The first-order valence-corrected chi connectivity index (χ1v) is 10.7. The molecule has 0 bridgehead atoms. The number of Topliss-reactive ketones (excluding diaryl/α,β-unsaturated/α-hetero) is 1. The SMILES string of the molecule is COCCOc1cccc2c1C(=O)[C@](c1ccc(Cl)cc1)(C(CC=O)c1ccccc1)O2. The highest BCUT2D eigenvalue weighted by Crippen LogP contribution is 2.52. The van der Waals surface area contributed by atoms with Crippen LogP contribution in [0.2, 0.25) is 5.02 Å². The Balaban J connectivity index is 1.89. The van der Waals surface area contributed by atoms with E-state index in [9.17, 15) is 9.59 Å². The summed E-state index contributed by atoms with van der Waals surface area (Å²) in [6.07, 6.45) is 0.928. The van der Waals surface area contributed by atoms with Crippen molar-refractivity contribution in [1.82, 2.24) is 0 Å². The van der Waals surface area contributed by atoms with Crippen LogP contribution in [0.25, 0.3) is 0 Å². The molecule has 2 atom stereocenters. The average Bonchev–Trinajstić information content (AvgIpc) is 3.12. The molecular weight excluding hydrogens is 428 g/mol. The molecule has 0 radical (unpaired) electrons. The van der Waals surface area contributed by atoms with Crippen LogP contribution in [0.5, 0.6) is 11.5 Å². The van der Waals surface area contributed by atoms with Crippen LogP contribution >= 0.6 is 11.6 Å². The van der Waals surface area contributed by atoms with E-state index in [0.29, 0.717) is 40.9 Å². The molecule has 0 aromatic heterocycles. The molecule has 164 valence electrons. The second-order valence-corrected chi connectivity index (χ2v) is 7.95. The van der Waals surface area contributed by atoms with Crippen LogP contribution in [0, 0.1) is 0 Å². The van der Waals surface area contributed by atoms with Gasteiger partial charge in [-0.3, -0.25) is 4.79 Å². The fourth-order valence-electron chi connectivity index (χ4n) is 4.22. The standard InChI is InChI=1S/C26H23ClO5/c1-30-16-17-31-22-8-5-9-23-24(22)25(29)26(32-23,19-10-12-20(27)13-11-19)21(14-15-28)18-6-3-2-4-7-18/h2-13,15,21H,14,16-17H2,1H3/t21?,26-/m0/s1. The van der Waals surface area contributed by atoms with Gasteiger partial charge in [-0.15, -0.1) is 0 Å². The molecule has 3 aromatic rings. The lowest BCUT2D eigenvalue weighted by molar-refractivity contribution is -0.109. The lowest BCUT2D eigenvalue weighted by Gasteiger charge is -2.35. The second-order valence-electron chi connectivity index (χ2n) is 7.51. The Bertz CT molecular complexity index is 1100. The van der Waals surface area contributed by atoms with Gasteiger partial charge < -0.3 is 19.0 Å². The van der Waals surface area contributed by atoms with Crippen LogP contribution in [-0.2, 0) is 15.1 Å². The number of hydrogen-bond donors (Lipinski definition) is 0. The number of carbonyl (C=O) groups is 2. The fourth-order valence-corrected chi connectivity index (χ4v) is 4.34. The Morgan fingerprint density at radius 3 is 2.44 bits per heavy atom. The van der Waals surface area contributed by atoms with Crippen molar-refractivity contribution >= 4 is 23.7 Å². The summed E-state index contributed by atoms with van der Waals surface area (Å²) in [6.45, 7) is 0.684. The summed E-state index contributed by atoms with van der Waals surface area (Å²) in [5.74, 6) is 0.0534. The van der Waals surface area contributed by atoms with E-state index < -0.39 is 11.5 Å². The molecule has 4 rings (SSSR count). The average molecular weight is 451 g/mol. The summed E-state index contributed by atoms with van der Waals surface area (Å²) in [7, 11) is 1.59. The molecule has 0 saturated carbocycles. The number of halogens is 1.